The van der Waals surface area contributed by atoms with Crippen LogP contribution in [0.25, 0.3) is 11.3 Å². The van der Waals surface area contributed by atoms with Gasteiger partial charge in [-0.15, -0.1) is 0 Å². The average molecular weight is 474 g/mol. The molecular weight excluding hydrogens is 449 g/mol. The van der Waals surface area contributed by atoms with E-state index in [0.29, 0.717) is 32.6 Å². The fraction of sp³-hybridized carbons (Fsp3) is 0.333. The lowest BCUT2D eigenvalue weighted by atomic mass is 10.1. The quantitative estimate of drug-likeness (QED) is 0.458. The Hall–Kier alpha value is -2.38. The summed E-state index contributed by atoms with van der Waals surface area (Å²) in [6.45, 7) is 6.51. The van der Waals surface area contributed by atoms with Crippen molar-refractivity contribution < 1.29 is 14.1 Å². The van der Waals surface area contributed by atoms with Crippen molar-refractivity contribution in [3.05, 3.63) is 75.5 Å². The van der Waals surface area contributed by atoms with Gasteiger partial charge in [-0.2, -0.15) is 0 Å². The molecule has 0 atom stereocenters. The van der Waals surface area contributed by atoms with Gasteiger partial charge < -0.3 is 9.26 Å². The molecule has 32 heavy (non-hydrogen) atoms. The van der Waals surface area contributed by atoms with Gasteiger partial charge in [0.1, 0.15) is 18.1 Å². The average Bonchev–Trinajstić information content (AvgIpc) is 3.14. The molecule has 0 bridgehead atoms. The van der Waals surface area contributed by atoms with Gasteiger partial charge in [0.05, 0.1) is 22.2 Å². The number of carbonyl (C=O) groups is 1. The number of esters is 1. The van der Waals surface area contributed by atoms with Crippen LogP contribution in [0.4, 0.5) is 0 Å². The summed E-state index contributed by atoms with van der Waals surface area (Å²) < 4.78 is 10.9. The minimum Gasteiger partial charge on any atom is -0.460 e. The summed E-state index contributed by atoms with van der Waals surface area (Å²) in [6.07, 6.45) is 0. The second kappa shape index (κ2) is 10.5. The van der Waals surface area contributed by atoms with Crippen LogP contribution < -0.4 is 0 Å². The maximum Gasteiger partial charge on any atom is 0.320 e. The molecule has 0 saturated carbocycles. The van der Waals surface area contributed by atoms with Crippen molar-refractivity contribution in [1.29, 1.82) is 0 Å². The first-order valence-electron chi connectivity index (χ1n) is 10.5. The molecule has 1 aromatic heterocycles. The van der Waals surface area contributed by atoms with E-state index in [4.69, 9.17) is 32.5 Å². The fourth-order valence-electron chi connectivity index (χ4n) is 3.81. The monoisotopic (exact) mass is 473 g/mol. The van der Waals surface area contributed by atoms with E-state index in [0.717, 1.165) is 32.7 Å². The van der Waals surface area contributed by atoms with Crippen molar-refractivity contribution in [1.82, 2.24) is 15.0 Å². The number of rotatable bonds is 7. The van der Waals surface area contributed by atoms with E-state index >= 15 is 0 Å². The van der Waals surface area contributed by atoms with Crippen molar-refractivity contribution in [2.24, 2.45) is 0 Å². The van der Waals surface area contributed by atoms with E-state index in [1.165, 1.54) is 5.56 Å². The molecule has 0 aliphatic carbocycles. The van der Waals surface area contributed by atoms with Gasteiger partial charge in [-0.25, -0.2) is 0 Å². The zero-order chi connectivity index (χ0) is 22.5. The van der Waals surface area contributed by atoms with E-state index in [1.54, 1.807) is 25.1 Å². The molecule has 1 saturated heterocycles. The smallest absolute Gasteiger partial charge is 0.320 e. The highest BCUT2D eigenvalue weighted by Crippen LogP contribution is 2.36. The first-order valence-corrected chi connectivity index (χ1v) is 11.3. The number of hydrogen-bond donors (Lipinski definition) is 0. The highest BCUT2D eigenvalue weighted by atomic mass is 35.5. The molecule has 2 aromatic carbocycles. The maximum atomic E-state index is 12.5. The number of aryl methyl sites for hydroxylation is 1. The second-order valence-corrected chi connectivity index (χ2v) is 8.68. The lowest BCUT2D eigenvalue weighted by molar-refractivity contribution is -0.146. The van der Waals surface area contributed by atoms with Gasteiger partial charge in [0.2, 0.25) is 0 Å². The van der Waals surface area contributed by atoms with Crippen molar-refractivity contribution in [2.45, 2.75) is 20.1 Å². The Morgan fingerprint density at radius 2 is 1.66 bits per heavy atom. The number of aromatic nitrogens is 1. The second-order valence-electron chi connectivity index (χ2n) is 7.86. The standard InChI is InChI=1S/C24H25Cl2N3O3/c1-17-19(24(27-32-17)23-20(25)8-5-9-21(23)26)16-31-22(30)15-29-12-10-28(11-13-29)14-18-6-3-2-4-7-18/h2-9H,10-16H2,1H3. The third-order valence-corrected chi connectivity index (χ3v) is 6.26. The molecule has 0 N–H and O–H groups in total. The van der Waals surface area contributed by atoms with Crippen molar-refractivity contribution in [3.63, 3.8) is 0 Å². The highest BCUT2D eigenvalue weighted by molar-refractivity contribution is 6.39. The van der Waals surface area contributed by atoms with E-state index in [9.17, 15) is 4.79 Å². The minimum atomic E-state index is -0.279. The Bertz CT molecular complexity index is 1040. The SMILES string of the molecule is Cc1onc(-c2c(Cl)cccc2Cl)c1COC(=O)CN1CCN(Cc2ccccc2)CC1. The van der Waals surface area contributed by atoms with Gasteiger partial charge in [0.15, 0.2) is 0 Å². The third kappa shape index (κ3) is 5.51. The van der Waals surface area contributed by atoms with Crippen molar-refractivity contribution >= 4 is 29.2 Å². The van der Waals surface area contributed by atoms with Gasteiger partial charge >= 0.3 is 5.97 Å². The highest BCUT2D eigenvalue weighted by Gasteiger charge is 2.23. The summed E-state index contributed by atoms with van der Waals surface area (Å²) in [5.74, 6) is 0.289. The topological polar surface area (TPSA) is 58.8 Å². The summed E-state index contributed by atoms with van der Waals surface area (Å²) in [5.41, 5.74) is 3.05. The summed E-state index contributed by atoms with van der Waals surface area (Å²) in [5, 5.41) is 5.02. The molecule has 0 radical (unpaired) electrons. The molecule has 1 aliphatic heterocycles. The van der Waals surface area contributed by atoms with Gasteiger partial charge in [-0.3, -0.25) is 14.6 Å². The number of nitrogens with zero attached hydrogens (tertiary/aromatic N) is 3. The normalized spacial score (nSPS) is 15.1. The van der Waals surface area contributed by atoms with Gasteiger partial charge in [-0.1, -0.05) is 64.8 Å². The number of halogens is 2. The number of carbonyl (C=O) groups excluding carboxylic acids is 1. The van der Waals surface area contributed by atoms with E-state index in [1.807, 2.05) is 6.07 Å². The minimum absolute atomic E-state index is 0.0546. The van der Waals surface area contributed by atoms with Crippen LogP contribution in [0.15, 0.2) is 53.1 Å². The first kappa shape index (κ1) is 22.8. The molecule has 1 aliphatic rings. The molecule has 1 fully saturated rings. The van der Waals surface area contributed by atoms with E-state index in [-0.39, 0.29) is 19.1 Å². The zero-order valence-electron chi connectivity index (χ0n) is 17.9. The molecule has 8 heteroatoms. The summed E-state index contributed by atoms with van der Waals surface area (Å²) in [4.78, 5) is 17.0. The van der Waals surface area contributed by atoms with Crippen LogP contribution in [0, 0.1) is 6.92 Å². The number of ether oxygens (including phenoxy) is 1. The molecule has 0 unspecified atom stereocenters. The molecule has 0 amide bonds. The van der Waals surface area contributed by atoms with Crippen LogP contribution in [-0.4, -0.2) is 53.6 Å². The van der Waals surface area contributed by atoms with Gasteiger partial charge in [0.25, 0.3) is 0 Å². The lowest BCUT2D eigenvalue weighted by Crippen LogP contribution is -2.47. The van der Waals surface area contributed by atoms with Crippen LogP contribution in [0.1, 0.15) is 16.9 Å². The predicted molar refractivity (Wildman–Crippen MR) is 125 cm³/mol. The summed E-state index contributed by atoms with van der Waals surface area (Å²) in [6, 6.07) is 15.7. The van der Waals surface area contributed by atoms with E-state index in [2.05, 4.69) is 39.2 Å². The largest absolute Gasteiger partial charge is 0.460 e. The molecule has 168 valence electrons. The third-order valence-electron chi connectivity index (χ3n) is 5.63. The number of hydrogen-bond acceptors (Lipinski definition) is 6. The summed E-state index contributed by atoms with van der Waals surface area (Å²) >= 11 is 12.6. The Morgan fingerprint density at radius 1 is 1.00 bits per heavy atom. The van der Waals surface area contributed by atoms with Crippen LogP contribution in [0.3, 0.4) is 0 Å². The molecule has 6 nitrogen and oxygen atoms in total. The molecule has 3 aromatic rings. The maximum absolute atomic E-state index is 12.5. The van der Waals surface area contributed by atoms with E-state index < -0.39 is 0 Å². The molecule has 0 spiro atoms. The van der Waals surface area contributed by atoms with Crippen molar-refractivity contribution in [3.8, 4) is 11.3 Å². The molecule has 4 rings (SSSR count). The Balaban J connectivity index is 1.30. The first-order chi connectivity index (χ1) is 15.5. The van der Waals surface area contributed by atoms with Crippen LogP contribution in [-0.2, 0) is 22.7 Å². The molecular formula is C24H25Cl2N3O3. The Morgan fingerprint density at radius 3 is 2.34 bits per heavy atom. The lowest BCUT2D eigenvalue weighted by Gasteiger charge is -2.34. The van der Waals surface area contributed by atoms with Crippen LogP contribution in [0.5, 0.6) is 0 Å². The van der Waals surface area contributed by atoms with Gasteiger partial charge in [-0.05, 0) is 24.6 Å². The fourth-order valence-corrected chi connectivity index (χ4v) is 4.39. The zero-order valence-corrected chi connectivity index (χ0v) is 19.4. The number of benzene rings is 2. The summed E-state index contributed by atoms with van der Waals surface area (Å²) in [7, 11) is 0. The number of piperazine rings is 1. The van der Waals surface area contributed by atoms with Crippen molar-refractivity contribution in [2.75, 3.05) is 32.7 Å². The predicted octanol–water partition coefficient (Wildman–Crippen LogP) is 4.82. The van der Waals surface area contributed by atoms with Crippen LogP contribution >= 0.6 is 23.2 Å². The Labute approximate surface area is 197 Å². The van der Waals surface area contributed by atoms with Crippen LogP contribution in [0.2, 0.25) is 10.0 Å². The Kier molecular flexibility index (Phi) is 7.48. The molecule has 2 heterocycles. The van der Waals surface area contributed by atoms with Gasteiger partial charge in [0, 0.05) is 38.3 Å².